The molecule has 0 unspecified atom stereocenters. The SMILES string of the molecule is CSc1cc(N)ccc1OC(C)=O. The van der Waals surface area contributed by atoms with E-state index in [1.165, 1.54) is 18.7 Å². The minimum absolute atomic E-state index is 0.319. The van der Waals surface area contributed by atoms with Crippen molar-refractivity contribution in [3.8, 4) is 5.75 Å². The lowest BCUT2D eigenvalue weighted by Gasteiger charge is -2.06. The zero-order chi connectivity index (χ0) is 9.84. The standard InChI is InChI=1S/C9H11NO2S/c1-6(11)12-8-4-3-7(10)5-9(8)13-2/h3-5H,10H2,1-2H3. The van der Waals surface area contributed by atoms with E-state index >= 15 is 0 Å². The Morgan fingerprint density at radius 1 is 1.54 bits per heavy atom. The van der Waals surface area contributed by atoms with Gasteiger partial charge >= 0.3 is 5.97 Å². The molecule has 0 radical (unpaired) electrons. The molecule has 0 amide bonds. The second-order valence-electron chi connectivity index (χ2n) is 2.50. The molecule has 0 aromatic heterocycles. The lowest BCUT2D eigenvalue weighted by Crippen LogP contribution is -2.02. The van der Waals surface area contributed by atoms with Crippen LogP contribution in [0.5, 0.6) is 5.75 Å². The molecule has 1 aromatic rings. The molecule has 0 heterocycles. The lowest BCUT2D eigenvalue weighted by molar-refractivity contribution is -0.132. The van der Waals surface area contributed by atoms with Crippen LogP contribution in [-0.2, 0) is 4.79 Å². The van der Waals surface area contributed by atoms with Gasteiger partial charge in [0.1, 0.15) is 5.75 Å². The van der Waals surface area contributed by atoms with Gasteiger partial charge in [-0.2, -0.15) is 0 Å². The maximum Gasteiger partial charge on any atom is 0.308 e. The van der Waals surface area contributed by atoms with E-state index in [4.69, 9.17) is 10.5 Å². The van der Waals surface area contributed by atoms with Gasteiger partial charge in [0, 0.05) is 12.6 Å². The number of anilines is 1. The Labute approximate surface area is 81.3 Å². The molecule has 4 heteroatoms. The van der Waals surface area contributed by atoms with Crippen LogP contribution in [0.4, 0.5) is 5.69 Å². The monoisotopic (exact) mass is 197 g/mol. The van der Waals surface area contributed by atoms with Crippen molar-refractivity contribution >= 4 is 23.4 Å². The molecule has 2 N–H and O–H groups in total. The van der Waals surface area contributed by atoms with E-state index < -0.39 is 0 Å². The molecule has 13 heavy (non-hydrogen) atoms. The van der Waals surface area contributed by atoms with E-state index in [2.05, 4.69) is 0 Å². The summed E-state index contributed by atoms with van der Waals surface area (Å²) < 4.78 is 4.98. The number of carbonyl (C=O) groups excluding carboxylic acids is 1. The van der Waals surface area contributed by atoms with Gasteiger partial charge in [-0.25, -0.2) is 0 Å². The van der Waals surface area contributed by atoms with Crippen molar-refractivity contribution in [2.24, 2.45) is 0 Å². The fourth-order valence-corrected chi connectivity index (χ4v) is 1.49. The Bertz CT molecular complexity index is 325. The maximum atomic E-state index is 10.7. The van der Waals surface area contributed by atoms with Crippen LogP contribution in [-0.4, -0.2) is 12.2 Å². The summed E-state index contributed by atoms with van der Waals surface area (Å²) >= 11 is 1.49. The third-order valence-corrected chi connectivity index (χ3v) is 2.20. The average Bonchev–Trinajstić information content (AvgIpc) is 2.07. The van der Waals surface area contributed by atoms with E-state index in [-0.39, 0.29) is 5.97 Å². The molecule has 70 valence electrons. The summed E-state index contributed by atoms with van der Waals surface area (Å²) in [5.74, 6) is 0.245. The van der Waals surface area contributed by atoms with Crippen LogP contribution in [0.1, 0.15) is 6.92 Å². The molecule has 0 bridgehead atoms. The highest BCUT2D eigenvalue weighted by atomic mass is 32.2. The zero-order valence-corrected chi connectivity index (χ0v) is 8.35. The maximum absolute atomic E-state index is 10.7. The minimum Gasteiger partial charge on any atom is -0.426 e. The molecule has 3 nitrogen and oxygen atoms in total. The molecule has 0 fully saturated rings. The van der Waals surface area contributed by atoms with Crippen molar-refractivity contribution in [2.45, 2.75) is 11.8 Å². The van der Waals surface area contributed by atoms with Gasteiger partial charge in [0.2, 0.25) is 0 Å². The summed E-state index contributed by atoms with van der Waals surface area (Å²) in [6, 6.07) is 5.18. The molecule has 0 saturated carbocycles. The third kappa shape index (κ3) is 2.66. The molecule has 0 atom stereocenters. The van der Waals surface area contributed by atoms with Gasteiger partial charge in [0.05, 0.1) is 4.90 Å². The fourth-order valence-electron chi connectivity index (χ4n) is 0.923. The number of ether oxygens (including phenoxy) is 1. The van der Waals surface area contributed by atoms with Crippen LogP contribution >= 0.6 is 11.8 Å². The summed E-state index contributed by atoms with van der Waals surface area (Å²) in [6.45, 7) is 1.38. The van der Waals surface area contributed by atoms with E-state index in [9.17, 15) is 4.79 Å². The number of esters is 1. The normalized spacial score (nSPS) is 9.69. The highest BCUT2D eigenvalue weighted by molar-refractivity contribution is 7.98. The highest BCUT2D eigenvalue weighted by Crippen LogP contribution is 2.29. The van der Waals surface area contributed by atoms with Crippen molar-refractivity contribution < 1.29 is 9.53 Å². The van der Waals surface area contributed by atoms with Crippen LogP contribution in [0.3, 0.4) is 0 Å². The van der Waals surface area contributed by atoms with Crippen LogP contribution in [0.25, 0.3) is 0 Å². The Morgan fingerprint density at radius 2 is 2.23 bits per heavy atom. The summed E-state index contributed by atoms with van der Waals surface area (Å²) in [4.78, 5) is 11.6. The first-order valence-electron chi connectivity index (χ1n) is 3.75. The Hall–Kier alpha value is -1.16. The van der Waals surface area contributed by atoms with Crippen molar-refractivity contribution in [1.82, 2.24) is 0 Å². The molecule has 0 aliphatic heterocycles. The van der Waals surface area contributed by atoms with E-state index in [1.54, 1.807) is 18.2 Å². The largest absolute Gasteiger partial charge is 0.426 e. The number of hydrogen-bond acceptors (Lipinski definition) is 4. The van der Waals surface area contributed by atoms with Gasteiger partial charge in [0.15, 0.2) is 0 Å². The Morgan fingerprint density at radius 3 is 2.77 bits per heavy atom. The van der Waals surface area contributed by atoms with Gasteiger partial charge in [-0.1, -0.05) is 0 Å². The van der Waals surface area contributed by atoms with Crippen LogP contribution in [0.2, 0.25) is 0 Å². The highest BCUT2D eigenvalue weighted by Gasteiger charge is 2.04. The second-order valence-corrected chi connectivity index (χ2v) is 3.35. The molecule has 0 saturated heterocycles. The number of rotatable bonds is 2. The first kappa shape index (κ1) is 9.92. The van der Waals surface area contributed by atoms with E-state index in [0.29, 0.717) is 11.4 Å². The number of carbonyl (C=O) groups is 1. The van der Waals surface area contributed by atoms with E-state index in [0.717, 1.165) is 4.90 Å². The topological polar surface area (TPSA) is 52.3 Å². The number of nitrogens with two attached hydrogens (primary N) is 1. The molecule has 0 spiro atoms. The number of thioether (sulfide) groups is 1. The van der Waals surface area contributed by atoms with Crippen molar-refractivity contribution in [1.29, 1.82) is 0 Å². The molecule has 0 aliphatic rings. The molecular weight excluding hydrogens is 186 g/mol. The molecule has 0 aliphatic carbocycles. The summed E-state index contributed by atoms with van der Waals surface area (Å²) in [5.41, 5.74) is 6.25. The van der Waals surface area contributed by atoms with Crippen molar-refractivity contribution in [3.63, 3.8) is 0 Å². The van der Waals surface area contributed by atoms with Gasteiger partial charge < -0.3 is 10.5 Å². The van der Waals surface area contributed by atoms with Crippen LogP contribution < -0.4 is 10.5 Å². The number of hydrogen-bond donors (Lipinski definition) is 1. The average molecular weight is 197 g/mol. The zero-order valence-electron chi connectivity index (χ0n) is 7.53. The van der Waals surface area contributed by atoms with Gasteiger partial charge in [-0.3, -0.25) is 4.79 Å². The predicted octanol–water partition coefficient (Wildman–Crippen LogP) is 1.92. The predicted molar refractivity (Wildman–Crippen MR) is 53.9 cm³/mol. The fraction of sp³-hybridized carbons (Fsp3) is 0.222. The summed E-state index contributed by atoms with van der Waals surface area (Å²) in [6.07, 6.45) is 1.90. The quantitative estimate of drug-likeness (QED) is 0.340. The summed E-state index contributed by atoms with van der Waals surface area (Å²) in [7, 11) is 0. The van der Waals surface area contributed by atoms with E-state index in [1.807, 2.05) is 6.26 Å². The molecule has 1 aromatic carbocycles. The van der Waals surface area contributed by atoms with Crippen molar-refractivity contribution in [3.05, 3.63) is 18.2 Å². The van der Waals surface area contributed by atoms with Gasteiger partial charge in [0.25, 0.3) is 0 Å². The first-order chi connectivity index (χ1) is 6.13. The second kappa shape index (κ2) is 4.18. The first-order valence-corrected chi connectivity index (χ1v) is 4.98. The van der Waals surface area contributed by atoms with Gasteiger partial charge in [-0.05, 0) is 24.5 Å². The Balaban J connectivity index is 2.99. The third-order valence-electron chi connectivity index (χ3n) is 1.44. The minimum atomic E-state index is -0.319. The van der Waals surface area contributed by atoms with Crippen molar-refractivity contribution in [2.75, 3.05) is 12.0 Å². The molecular formula is C9H11NO2S. The summed E-state index contributed by atoms with van der Waals surface area (Å²) in [5, 5.41) is 0. The number of nitrogen functional groups attached to an aromatic ring is 1. The van der Waals surface area contributed by atoms with Crippen LogP contribution in [0, 0.1) is 0 Å². The lowest BCUT2D eigenvalue weighted by atomic mass is 10.3. The Kier molecular flexibility index (Phi) is 3.19. The van der Waals surface area contributed by atoms with Gasteiger partial charge in [-0.15, -0.1) is 11.8 Å². The molecule has 1 rings (SSSR count). The smallest absolute Gasteiger partial charge is 0.308 e. The van der Waals surface area contributed by atoms with Crippen LogP contribution in [0.15, 0.2) is 23.1 Å². The number of benzene rings is 1.